The van der Waals surface area contributed by atoms with Crippen molar-refractivity contribution in [3.05, 3.63) is 46.7 Å². The van der Waals surface area contributed by atoms with Crippen molar-refractivity contribution >= 4 is 11.0 Å². The fraction of sp³-hybridized carbons (Fsp3) is 0.500. The highest BCUT2D eigenvalue weighted by Crippen LogP contribution is 2.33. The first kappa shape index (κ1) is 17.2. The Morgan fingerprint density at radius 2 is 2.04 bits per heavy atom. The van der Waals surface area contributed by atoms with Crippen LogP contribution in [0, 0.1) is 26.7 Å². The lowest BCUT2D eigenvalue weighted by atomic mass is 10.0. The molecule has 0 saturated carbocycles. The second-order valence-corrected chi connectivity index (χ2v) is 7.37. The Morgan fingerprint density at radius 3 is 2.81 bits per heavy atom. The number of hydrogen-bond donors (Lipinski definition) is 2. The van der Waals surface area contributed by atoms with E-state index in [0.29, 0.717) is 5.92 Å². The van der Waals surface area contributed by atoms with Gasteiger partial charge in [-0.1, -0.05) is 0 Å². The first-order chi connectivity index (χ1) is 12.5. The molecule has 0 amide bonds. The molecule has 0 bridgehead atoms. The minimum Gasteiger partial charge on any atom is -0.459 e. The highest BCUT2D eigenvalue weighted by atomic mass is 16.5. The Kier molecular flexibility index (Phi) is 4.54. The van der Waals surface area contributed by atoms with Crippen LogP contribution in [0.3, 0.4) is 0 Å². The molecule has 1 aliphatic heterocycles. The van der Waals surface area contributed by atoms with Crippen molar-refractivity contribution in [2.24, 2.45) is 5.92 Å². The number of furan rings is 1. The molecule has 6 nitrogen and oxygen atoms in total. The number of aromatic nitrogens is 3. The van der Waals surface area contributed by atoms with Crippen molar-refractivity contribution in [2.45, 2.75) is 46.3 Å². The second kappa shape index (κ2) is 6.85. The van der Waals surface area contributed by atoms with Crippen LogP contribution in [0.4, 0.5) is 0 Å². The summed E-state index contributed by atoms with van der Waals surface area (Å²) in [5.41, 5.74) is 3.50. The summed E-state index contributed by atoms with van der Waals surface area (Å²) in [5, 5.41) is 11.9. The molecule has 138 valence electrons. The molecular weight excluding hydrogens is 328 g/mol. The lowest BCUT2D eigenvalue weighted by Gasteiger charge is -2.19. The van der Waals surface area contributed by atoms with Crippen molar-refractivity contribution in [1.82, 2.24) is 20.5 Å². The summed E-state index contributed by atoms with van der Waals surface area (Å²) < 4.78 is 11.9. The van der Waals surface area contributed by atoms with Gasteiger partial charge in [0, 0.05) is 24.5 Å². The summed E-state index contributed by atoms with van der Waals surface area (Å²) in [7, 11) is 0. The number of ether oxygens (including phenoxy) is 1. The van der Waals surface area contributed by atoms with Gasteiger partial charge in [0.2, 0.25) is 0 Å². The predicted molar refractivity (Wildman–Crippen MR) is 100 cm³/mol. The zero-order valence-electron chi connectivity index (χ0n) is 15.8. The maximum atomic E-state index is 6.07. The molecule has 3 aromatic rings. The molecule has 26 heavy (non-hydrogen) atoms. The van der Waals surface area contributed by atoms with Crippen LogP contribution in [-0.4, -0.2) is 28.3 Å². The third kappa shape index (κ3) is 3.27. The fourth-order valence-electron chi connectivity index (χ4n) is 3.58. The number of fused-ring (bicyclic) bond motifs is 1. The molecular formula is C20H26N4O2. The number of H-pyrrole nitrogens is 1. The van der Waals surface area contributed by atoms with E-state index in [1.54, 1.807) is 0 Å². The van der Waals surface area contributed by atoms with Crippen molar-refractivity contribution in [2.75, 3.05) is 13.2 Å². The zero-order valence-corrected chi connectivity index (χ0v) is 15.8. The molecule has 1 saturated heterocycles. The summed E-state index contributed by atoms with van der Waals surface area (Å²) >= 11 is 0. The van der Waals surface area contributed by atoms with Gasteiger partial charge in [-0.3, -0.25) is 5.10 Å². The maximum absolute atomic E-state index is 6.07. The van der Waals surface area contributed by atoms with Crippen LogP contribution in [0.5, 0.6) is 0 Å². The van der Waals surface area contributed by atoms with Gasteiger partial charge in [-0.05, 0) is 63.4 Å². The number of aromatic amines is 1. The average molecular weight is 354 g/mol. The van der Waals surface area contributed by atoms with Crippen LogP contribution in [0.1, 0.15) is 54.0 Å². The minimum atomic E-state index is -0.0411. The number of nitrogens with zero attached hydrogens (tertiary/aromatic N) is 2. The topological polar surface area (TPSA) is 76.0 Å². The summed E-state index contributed by atoms with van der Waals surface area (Å²) in [6.45, 7) is 9.89. The van der Waals surface area contributed by atoms with E-state index in [0.717, 1.165) is 48.0 Å². The van der Waals surface area contributed by atoms with Crippen LogP contribution >= 0.6 is 0 Å². The molecule has 1 fully saturated rings. The van der Waals surface area contributed by atoms with Crippen molar-refractivity contribution < 1.29 is 9.15 Å². The summed E-state index contributed by atoms with van der Waals surface area (Å²) in [6.07, 6.45) is 0.969. The van der Waals surface area contributed by atoms with Gasteiger partial charge in [-0.15, -0.1) is 0 Å². The zero-order chi connectivity index (χ0) is 18.3. The van der Waals surface area contributed by atoms with Crippen LogP contribution in [0.2, 0.25) is 0 Å². The van der Waals surface area contributed by atoms with E-state index in [1.165, 1.54) is 11.1 Å². The largest absolute Gasteiger partial charge is 0.459 e. The Balaban J connectivity index is 1.44. The van der Waals surface area contributed by atoms with Gasteiger partial charge >= 0.3 is 0 Å². The summed E-state index contributed by atoms with van der Waals surface area (Å²) in [4.78, 5) is 4.44. The molecule has 6 heteroatoms. The van der Waals surface area contributed by atoms with Crippen LogP contribution in [0.25, 0.3) is 11.0 Å². The predicted octanol–water partition coefficient (Wildman–Crippen LogP) is 3.90. The number of rotatable bonds is 5. The molecule has 0 radical (unpaired) electrons. The molecule has 2 N–H and O–H groups in total. The Bertz CT molecular complexity index is 875. The minimum absolute atomic E-state index is 0.0411. The van der Waals surface area contributed by atoms with Gasteiger partial charge in [0.15, 0.2) is 5.82 Å². The first-order valence-electron chi connectivity index (χ1n) is 9.26. The van der Waals surface area contributed by atoms with Gasteiger partial charge in [0.25, 0.3) is 0 Å². The molecule has 1 unspecified atom stereocenters. The molecule has 4 rings (SSSR count). The highest BCUT2D eigenvalue weighted by Gasteiger charge is 2.32. The molecule has 0 aliphatic carbocycles. The van der Waals surface area contributed by atoms with Crippen LogP contribution in [0.15, 0.2) is 22.6 Å². The quantitative estimate of drug-likeness (QED) is 0.727. The first-order valence-corrected chi connectivity index (χ1v) is 9.26. The molecule has 3 heterocycles. The second-order valence-electron chi connectivity index (χ2n) is 7.37. The van der Waals surface area contributed by atoms with Gasteiger partial charge in [-0.2, -0.15) is 5.10 Å². The van der Waals surface area contributed by atoms with Gasteiger partial charge in [-0.25, -0.2) is 4.98 Å². The Labute approximate surface area is 153 Å². The molecule has 3 atom stereocenters. The van der Waals surface area contributed by atoms with E-state index in [2.05, 4.69) is 59.5 Å². The van der Waals surface area contributed by atoms with E-state index in [9.17, 15) is 0 Å². The van der Waals surface area contributed by atoms with Gasteiger partial charge in [0.05, 0.1) is 6.04 Å². The third-order valence-electron chi connectivity index (χ3n) is 5.35. The number of hydrogen-bond acceptors (Lipinski definition) is 5. The average Bonchev–Trinajstić information content (AvgIpc) is 3.32. The SMILES string of the molecule is Cc1nc([C@H]2OCC[C@H]2CNC(C)c2cc3cc(C)c(C)cc3o2)n[nH]1. The van der Waals surface area contributed by atoms with E-state index in [1.807, 2.05) is 6.92 Å². The molecule has 1 aliphatic rings. The Morgan fingerprint density at radius 1 is 1.23 bits per heavy atom. The summed E-state index contributed by atoms with van der Waals surface area (Å²) in [6, 6.07) is 6.59. The van der Waals surface area contributed by atoms with E-state index >= 15 is 0 Å². The van der Waals surface area contributed by atoms with Crippen molar-refractivity contribution in [1.29, 1.82) is 0 Å². The van der Waals surface area contributed by atoms with E-state index in [4.69, 9.17) is 9.15 Å². The maximum Gasteiger partial charge on any atom is 0.179 e. The summed E-state index contributed by atoms with van der Waals surface area (Å²) in [5.74, 6) is 2.91. The molecule has 1 aromatic carbocycles. The molecule has 0 spiro atoms. The van der Waals surface area contributed by atoms with Crippen molar-refractivity contribution in [3.8, 4) is 0 Å². The standard InChI is InChI=1S/C20H26N4O2/c1-11-7-16-9-17(26-18(16)8-12(11)2)13(3)21-10-15-5-6-25-19(15)20-22-14(4)23-24-20/h7-9,13,15,19,21H,5-6,10H2,1-4H3,(H,22,23,24)/t13?,15-,19-/m0/s1. The smallest absolute Gasteiger partial charge is 0.179 e. The normalized spacial score (nSPS) is 21.5. The highest BCUT2D eigenvalue weighted by molar-refractivity contribution is 5.79. The monoisotopic (exact) mass is 354 g/mol. The third-order valence-corrected chi connectivity index (χ3v) is 5.35. The lowest BCUT2D eigenvalue weighted by molar-refractivity contribution is 0.0828. The van der Waals surface area contributed by atoms with Gasteiger partial charge < -0.3 is 14.5 Å². The lowest BCUT2D eigenvalue weighted by Crippen LogP contribution is -2.27. The van der Waals surface area contributed by atoms with Crippen LogP contribution in [-0.2, 0) is 4.74 Å². The molecule has 2 aromatic heterocycles. The number of benzene rings is 1. The van der Waals surface area contributed by atoms with E-state index < -0.39 is 0 Å². The van der Waals surface area contributed by atoms with E-state index in [-0.39, 0.29) is 12.1 Å². The number of nitrogens with one attached hydrogen (secondary N) is 2. The fourth-order valence-corrected chi connectivity index (χ4v) is 3.58. The van der Waals surface area contributed by atoms with Crippen LogP contribution < -0.4 is 5.32 Å². The van der Waals surface area contributed by atoms with Crippen molar-refractivity contribution in [3.63, 3.8) is 0 Å². The number of aryl methyl sites for hydroxylation is 3. The Hall–Kier alpha value is -2.18. The van der Waals surface area contributed by atoms with Gasteiger partial charge in [0.1, 0.15) is 23.3 Å².